The van der Waals surface area contributed by atoms with E-state index in [1.165, 1.54) is 16.0 Å². The highest BCUT2D eigenvalue weighted by molar-refractivity contribution is 7.99. The molecule has 0 amide bonds. The van der Waals surface area contributed by atoms with Gasteiger partial charge in [-0.15, -0.1) is 0 Å². The molecule has 3 nitrogen and oxygen atoms in total. The fourth-order valence-corrected chi connectivity index (χ4v) is 2.68. The average molecular weight is 259 g/mol. The summed E-state index contributed by atoms with van der Waals surface area (Å²) in [6.07, 6.45) is 0. The summed E-state index contributed by atoms with van der Waals surface area (Å²) in [4.78, 5) is 9.98. The van der Waals surface area contributed by atoms with Crippen LogP contribution in [0.25, 0.3) is 0 Å². The first-order chi connectivity index (χ1) is 8.58. The van der Waals surface area contributed by atoms with Crippen LogP contribution in [0.5, 0.6) is 0 Å². The summed E-state index contributed by atoms with van der Waals surface area (Å²) >= 11 is 1.68. The molecule has 0 atom stereocenters. The second-order valence-corrected chi connectivity index (χ2v) is 5.32. The zero-order valence-electron chi connectivity index (χ0n) is 11.1. The average Bonchev–Trinajstić information content (AvgIpc) is 2.32. The molecule has 0 aliphatic carbocycles. The Kier molecular flexibility index (Phi) is 3.87. The van der Waals surface area contributed by atoms with Crippen LogP contribution in [-0.2, 0) is 0 Å². The molecule has 1 heterocycles. The molecule has 4 heteroatoms. The zero-order chi connectivity index (χ0) is 13.1. The predicted octanol–water partition coefficient (Wildman–Crippen LogP) is 3.59. The van der Waals surface area contributed by atoms with Gasteiger partial charge in [0.25, 0.3) is 0 Å². The molecule has 0 aliphatic rings. The van der Waals surface area contributed by atoms with Crippen molar-refractivity contribution in [3.8, 4) is 0 Å². The molecular weight excluding hydrogens is 242 g/mol. The van der Waals surface area contributed by atoms with Crippen molar-refractivity contribution >= 4 is 17.6 Å². The third kappa shape index (κ3) is 3.01. The van der Waals surface area contributed by atoms with Crippen LogP contribution in [0.4, 0.5) is 5.82 Å². The number of aromatic nitrogens is 2. The second-order valence-electron chi connectivity index (χ2n) is 4.26. The maximum absolute atomic E-state index is 4.45. The van der Waals surface area contributed by atoms with Crippen LogP contribution in [0.15, 0.2) is 34.2 Å². The molecule has 18 heavy (non-hydrogen) atoms. The van der Waals surface area contributed by atoms with E-state index < -0.39 is 0 Å². The highest BCUT2D eigenvalue weighted by atomic mass is 32.2. The van der Waals surface area contributed by atoms with Crippen molar-refractivity contribution < 1.29 is 0 Å². The minimum atomic E-state index is 0.786. The van der Waals surface area contributed by atoms with Crippen molar-refractivity contribution in [2.24, 2.45) is 0 Å². The van der Waals surface area contributed by atoms with Crippen LogP contribution < -0.4 is 5.32 Å². The fraction of sp³-hybridized carbons (Fsp3) is 0.286. The van der Waals surface area contributed by atoms with Crippen molar-refractivity contribution in [2.75, 3.05) is 12.4 Å². The summed E-state index contributed by atoms with van der Waals surface area (Å²) < 4.78 is 0. The van der Waals surface area contributed by atoms with Gasteiger partial charge in [-0.25, -0.2) is 9.97 Å². The highest BCUT2D eigenvalue weighted by Crippen LogP contribution is 2.30. The number of hydrogen-bond donors (Lipinski definition) is 1. The first kappa shape index (κ1) is 12.9. The number of anilines is 1. The summed E-state index contributed by atoms with van der Waals surface area (Å²) in [6.45, 7) is 6.14. The van der Waals surface area contributed by atoms with E-state index in [2.05, 4.69) is 47.3 Å². The molecule has 0 bridgehead atoms. The van der Waals surface area contributed by atoms with E-state index >= 15 is 0 Å². The maximum Gasteiger partial charge on any atom is 0.130 e. The molecule has 2 rings (SSSR count). The zero-order valence-corrected chi connectivity index (χ0v) is 11.9. The van der Waals surface area contributed by atoms with Crippen molar-refractivity contribution in [1.29, 1.82) is 0 Å². The van der Waals surface area contributed by atoms with Gasteiger partial charge in [-0.05, 0) is 32.4 Å². The van der Waals surface area contributed by atoms with Crippen molar-refractivity contribution in [3.63, 3.8) is 0 Å². The Morgan fingerprint density at radius 3 is 2.50 bits per heavy atom. The SMILES string of the molecule is CNc1cc(Sc2ccc(C)cc2C)nc(C)n1. The van der Waals surface area contributed by atoms with E-state index in [1.807, 2.05) is 20.0 Å². The summed E-state index contributed by atoms with van der Waals surface area (Å²) in [7, 11) is 1.87. The van der Waals surface area contributed by atoms with E-state index in [9.17, 15) is 0 Å². The number of aryl methyl sites for hydroxylation is 3. The van der Waals surface area contributed by atoms with Gasteiger partial charge in [0.05, 0.1) is 0 Å². The van der Waals surface area contributed by atoms with Gasteiger partial charge in [0, 0.05) is 18.0 Å². The minimum Gasteiger partial charge on any atom is -0.373 e. The summed E-state index contributed by atoms with van der Waals surface area (Å²) in [6, 6.07) is 8.43. The monoisotopic (exact) mass is 259 g/mol. The molecule has 1 aromatic carbocycles. The molecule has 0 unspecified atom stereocenters. The molecule has 2 aromatic rings. The van der Waals surface area contributed by atoms with Crippen LogP contribution in [-0.4, -0.2) is 17.0 Å². The van der Waals surface area contributed by atoms with Gasteiger partial charge in [-0.1, -0.05) is 29.5 Å². The quantitative estimate of drug-likeness (QED) is 0.855. The smallest absolute Gasteiger partial charge is 0.130 e. The predicted molar refractivity (Wildman–Crippen MR) is 76.4 cm³/mol. The van der Waals surface area contributed by atoms with Gasteiger partial charge in [0.1, 0.15) is 16.7 Å². The fourth-order valence-electron chi connectivity index (χ4n) is 1.75. The van der Waals surface area contributed by atoms with Gasteiger partial charge in [-0.2, -0.15) is 0 Å². The van der Waals surface area contributed by atoms with Crippen molar-refractivity contribution in [3.05, 3.63) is 41.2 Å². The topological polar surface area (TPSA) is 37.8 Å². The summed E-state index contributed by atoms with van der Waals surface area (Å²) in [5, 5.41) is 4.02. The number of benzene rings is 1. The lowest BCUT2D eigenvalue weighted by Crippen LogP contribution is -1.97. The number of rotatable bonds is 3. The molecule has 0 radical (unpaired) electrons. The Morgan fingerprint density at radius 2 is 1.83 bits per heavy atom. The van der Waals surface area contributed by atoms with Crippen LogP contribution in [0.2, 0.25) is 0 Å². The maximum atomic E-state index is 4.45. The lowest BCUT2D eigenvalue weighted by molar-refractivity contribution is 0.968. The Balaban J connectivity index is 2.30. The summed E-state index contributed by atoms with van der Waals surface area (Å²) in [5.41, 5.74) is 2.56. The van der Waals surface area contributed by atoms with E-state index in [0.29, 0.717) is 0 Å². The highest BCUT2D eigenvalue weighted by Gasteiger charge is 2.05. The van der Waals surface area contributed by atoms with Gasteiger partial charge in [0.2, 0.25) is 0 Å². The molecule has 1 aromatic heterocycles. The van der Waals surface area contributed by atoms with Crippen LogP contribution in [0, 0.1) is 20.8 Å². The second kappa shape index (κ2) is 5.40. The molecule has 94 valence electrons. The largest absolute Gasteiger partial charge is 0.373 e. The molecule has 0 spiro atoms. The third-order valence-electron chi connectivity index (χ3n) is 2.62. The van der Waals surface area contributed by atoms with E-state index in [-0.39, 0.29) is 0 Å². The molecule has 0 fully saturated rings. The van der Waals surface area contributed by atoms with Gasteiger partial charge >= 0.3 is 0 Å². The first-order valence-corrected chi connectivity index (χ1v) is 6.68. The molecule has 0 aliphatic heterocycles. The Labute approximate surface area is 112 Å². The van der Waals surface area contributed by atoms with Gasteiger partial charge in [0.15, 0.2) is 0 Å². The van der Waals surface area contributed by atoms with E-state index in [0.717, 1.165) is 16.7 Å². The lowest BCUT2D eigenvalue weighted by Gasteiger charge is -2.08. The molecule has 0 saturated heterocycles. The Morgan fingerprint density at radius 1 is 1.06 bits per heavy atom. The van der Waals surface area contributed by atoms with Crippen LogP contribution in [0.1, 0.15) is 17.0 Å². The molecule has 0 saturated carbocycles. The number of nitrogens with one attached hydrogen (secondary N) is 1. The summed E-state index contributed by atoms with van der Waals surface area (Å²) in [5.74, 6) is 1.64. The Hall–Kier alpha value is -1.55. The van der Waals surface area contributed by atoms with E-state index in [4.69, 9.17) is 0 Å². The normalized spacial score (nSPS) is 10.4. The Bertz CT molecular complexity index is 567. The molecular formula is C14H17N3S. The van der Waals surface area contributed by atoms with Crippen LogP contribution >= 0.6 is 11.8 Å². The lowest BCUT2D eigenvalue weighted by atomic mass is 10.2. The standard InChI is InChI=1S/C14H17N3S/c1-9-5-6-12(10(2)7-9)18-14-8-13(15-4)16-11(3)17-14/h5-8H,1-4H3,(H,15,16,17). The first-order valence-electron chi connectivity index (χ1n) is 5.87. The van der Waals surface area contributed by atoms with Crippen LogP contribution in [0.3, 0.4) is 0 Å². The number of hydrogen-bond acceptors (Lipinski definition) is 4. The minimum absolute atomic E-state index is 0.786. The van der Waals surface area contributed by atoms with Crippen molar-refractivity contribution in [2.45, 2.75) is 30.7 Å². The van der Waals surface area contributed by atoms with Gasteiger partial charge in [-0.3, -0.25) is 0 Å². The van der Waals surface area contributed by atoms with Gasteiger partial charge < -0.3 is 5.32 Å². The third-order valence-corrected chi connectivity index (χ3v) is 3.71. The number of nitrogens with zero attached hydrogens (tertiary/aromatic N) is 2. The van der Waals surface area contributed by atoms with Crippen molar-refractivity contribution in [1.82, 2.24) is 9.97 Å². The molecule has 1 N–H and O–H groups in total. The van der Waals surface area contributed by atoms with E-state index in [1.54, 1.807) is 11.8 Å².